The van der Waals surface area contributed by atoms with E-state index in [2.05, 4.69) is 52.4 Å². The van der Waals surface area contributed by atoms with Crippen LogP contribution < -0.4 is 5.32 Å². The van der Waals surface area contributed by atoms with Crippen LogP contribution in [0.4, 0.5) is 0 Å². The van der Waals surface area contributed by atoms with E-state index in [1.165, 1.54) is 35.4 Å². The Hall–Kier alpha value is -1.13. The molecular weight excluding hydrogens is 302 g/mol. The SMILES string of the molecule is Cc1c(C2CCCN2)nn(C)c1-c1ccc(Br)cc1. The second-order valence-corrected chi connectivity index (χ2v) is 6.05. The molecular formula is C15H18BrN3. The minimum absolute atomic E-state index is 0.426. The lowest BCUT2D eigenvalue weighted by Gasteiger charge is -2.08. The molecule has 4 heteroatoms. The van der Waals surface area contributed by atoms with Gasteiger partial charge in [0.1, 0.15) is 0 Å². The molecule has 0 amide bonds. The zero-order chi connectivity index (χ0) is 13.4. The summed E-state index contributed by atoms with van der Waals surface area (Å²) in [5, 5.41) is 8.26. The van der Waals surface area contributed by atoms with Gasteiger partial charge in [-0.1, -0.05) is 28.1 Å². The molecule has 1 aliphatic rings. The Balaban J connectivity index is 2.04. The normalized spacial score (nSPS) is 19.0. The van der Waals surface area contributed by atoms with Crippen LogP contribution in [0.5, 0.6) is 0 Å². The number of rotatable bonds is 2. The van der Waals surface area contributed by atoms with Gasteiger partial charge in [-0.05, 0) is 44.0 Å². The first kappa shape index (κ1) is 12.9. The maximum absolute atomic E-state index is 4.73. The molecule has 3 nitrogen and oxygen atoms in total. The van der Waals surface area contributed by atoms with Crippen LogP contribution in [0.3, 0.4) is 0 Å². The zero-order valence-corrected chi connectivity index (χ0v) is 12.9. The summed E-state index contributed by atoms with van der Waals surface area (Å²) in [6, 6.07) is 8.86. The highest BCUT2D eigenvalue weighted by Crippen LogP contribution is 2.32. The molecule has 0 bridgehead atoms. The summed E-state index contributed by atoms with van der Waals surface area (Å²) in [5.74, 6) is 0. The van der Waals surface area contributed by atoms with Crippen molar-refractivity contribution in [2.75, 3.05) is 6.54 Å². The molecule has 0 aliphatic carbocycles. The van der Waals surface area contributed by atoms with Crippen molar-refractivity contribution < 1.29 is 0 Å². The summed E-state index contributed by atoms with van der Waals surface area (Å²) in [5.41, 5.74) is 4.94. The first-order chi connectivity index (χ1) is 9.16. The van der Waals surface area contributed by atoms with Gasteiger partial charge in [-0.15, -0.1) is 0 Å². The molecule has 19 heavy (non-hydrogen) atoms. The highest BCUT2D eigenvalue weighted by molar-refractivity contribution is 9.10. The lowest BCUT2D eigenvalue weighted by atomic mass is 10.0. The van der Waals surface area contributed by atoms with Gasteiger partial charge in [-0.2, -0.15) is 5.10 Å². The molecule has 0 spiro atoms. The van der Waals surface area contributed by atoms with Crippen molar-refractivity contribution >= 4 is 15.9 Å². The third-order valence-electron chi connectivity index (χ3n) is 3.83. The number of hydrogen-bond donors (Lipinski definition) is 1. The highest BCUT2D eigenvalue weighted by Gasteiger charge is 2.23. The summed E-state index contributed by atoms with van der Waals surface area (Å²) in [7, 11) is 2.03. The van der Waals surface area contributed by atoms with E-state index in [1.54, 1.807) is 0 Å². The third kappa shape index (κ3) is 2.35. The van der Waals surface area contributed by atoms with Gasteiger partial charge < -0.3 is 5.32 Å². The van der Waals surface area contributed by atoms with Gasteiger partial charge >= 0.3 is 0 Å². The fourth-order valence-electron chi connectivity index (χ4n) is 2.91. The maximum Gasteiger partial charge on any atom is 0.0829 e. The number of halogens is 1. The maximum atomic E-state index is 4.73. The monoisotopic (exact) mass is 319 g/mol. The summed E-state index contributed by atoms with van der Waals surface area (Å²) < 4.78 is 3.11. The van der Waals surface area contributed by atoms with Crippen LogP contribution in [0.1, 0.15) is 30.1 Å². The average molecular weight is 320 g/mol. The minimum atomic E-state index is 0.426. The van der Waals surface area contributed by atoms with Gasteiger partial charge in [-0.3, -0.25) is 4.68 Å². The molecule has 1 fully saturated rings. The second kappa shape index (κ2) is 5.10. The van der Waals surface area contributed by atoms with Gasteiger partial charge in [0, 0.05) is 17.1 Å². The van der Waals surface area contributed by atoms with Crippen LogP contribution in [0.2, 0.25) is 0 Å². The van der Waals surface area contributed by atoms with E-state index in [9.17, 15) is 0 Å². The predicted molar refractivity (Wildman–Crippen MR) is 81.1 cm³/mol. The molecule has 2 aromatic rings. The first-order valence-electron chi connectivity index (χ1n) is 6.69. The fourth-order valence-corrected chi connectivity index (χ4v) is 3.18. The Labute approximate surface area is 122 Å². The number of aromatic nitrogens is 2. The van der Waals surface area contributed by atoms with E-state index in [1.807, 2.05) is 11.7 Å². The molecule has 0 saturated carbocycles. The van der Waals surface area contributed by atoms with Crippen LogP contribution in [-0.2, 0) is 7.05 Å². The Bertz CT molecular complexity index is 580. The third-order valence-corrected chi connectivity index (χ3v) is 4.36. The molecule has 1 N–H and O–H groups in total. The lowest BCUT2D eigenvalue weighted by molar-refractivity contribution is 0.605. The zero-order valence-electron chi connectivity index (χ0n) is 11.3. The molecule has 1 aromatic carbocycles. The van der Waals surface area contributed by atoms with Crippen LogP contribution in [0, 0.1) is 6.92 Å². The molecule has 100 valence electrons. The Morgan fingerprint density at radius 2 is 2.05 bits per heavy atom. The van der Waals surface area contributed by atoms with Crippen LogP contribution >= 0.6 is 15.9 Å². The van der Waals surface area contributed by atoms with Gasteiger partial charge in [-0.25, -0.2) is 0 Å². The van der Waals surface area contributed by atoms with E-state index in [0.717, 1.165) is 11.0 Å². The van der Waals surface area contributed by atoms with E-state index >= 15 is 0 Å². The molecule has 1 unspecified atom stereocenters. The quantitative estimate of drug-likeness (QED) is 0.916. The van der Waals surface area contributed by atoms with E-state index in [0.29, 0.717) is 6.04 Å². The summed E-state index contributed by atoms with van der Waals surface area (Å²) >= 11 is 3.48. The minimum Gasteiger partial charge on any atom is -0.309 e. The number of nitrogens with one attached hydrogen (secondary N) is 1. The van der Waals surface area contributed by atoms with Gasteiger partial charge in [0.2, 0.25) is 0 Å². The number of hydrogen-bond acceptors (Lipinski definition) is 2. The van der Waals surface area contributed by atoms with Crippen molar-refractivity contribution in [1.29, 1.82) is 0 Å². The van der Waals surface area contributed by atoms with E-state index < -0.39 is 0 Å². The van der Waals surface area contributed by atoms with Crippen molar-refractivity contribution in [2.24, 2.45) is 7.05 Å². The standard InChI is InChI=1S/C15H18BrN3/c1-10-14(13-4-3-9-17-13)18-19(2)15(10)11-5-7-12(16)8-6-11/h5-8,13,17H,3-4,9H2,1-2H3. The average Bonchev–Trinajstić information content (AvgIpc) is 3.00. The molecule has 1 aromatic heterocycles. The Morgan fingerprint density at radius 3 is 2.68 bits per heavy atom. The fraction of sp³-hybridized carbons (Fsp3) is 0.400. The first-order valence-corrected chi connectivity index (χ1v) is 7.49. The largest absolute Gasteiger partial charge is 0.309 e. The topological polar surface area (TPSA) is 29.9 Å². The molecule has 0 radical (unpaired) electrons. The molecule has 1 saturated heterocycles. The van der Waals surface area contributed by atoms with Gasteiger partial charge in [0.05, 0.1) is 17.4 Å². The van der Waals surface area contributed by atoms with E-state index in [-0.39, 0.29) is 0 Å². The molecule has 1 atom stereocenters. The van der Waals surface area contributed by atoms with Gasteiger partial charge in [0.15, 0.2) is 0 Å². The predicted octanol–water partition coefficient (Wildman–Crippen LogP) is 3.58. The number of aryl methyl sites for hydroxylation is 1. The van der Waals surface area contributed by atoms with Crippen LogP contribution in [0.15, 0.2) is 28.7 Å². The number of benzene rings is 1. The van der Waals surface area contributed by atoms with Crippen molar-refractivity contribution in [3.8, 4) is 11.3 Å². The smallest absolute Gasteiger partial charge is 0.0829 e. The Kier molecular flexibility index (Phi) is 3.46. The summed E-state index contributed by atoms with van der Waals surface area (Å²) in [6.45, 7) is 3.29. The number of nitrogens with zero attached hydrogens (tertiary/aromatic N) is 2. The van der Waals surface area contributed by atoms with Crippen LogP contribution in [-0.4, -0.2) is 16.3 Å². The van der Waals surface area contributed by atoms with Crippen molar-refractivity contribution in [2.45, 2.75) is 25.8 Å². The van der Waals surface area contributed by atoms with Crippen molar-refractivity contribution in [3.63, 3.8) is 0 Å². The van der Waals surface area contributed by atoms with Crippen LogP contribution in [0.25, 0.3) is 11.3 Å². The molecule has 1 aliphatic heterocycles. The van der Waals surface area contributed by atoms with E-state index in [4.69, 9.17) is 5.10 Å². The molecule has 2 heterocycles. The highest BCUT2D eigenvalue weighted by atomic mass is 79.9. The molecule has 3 rings (SSSR count). The summed E-state index contributed by atoms with van der Waals surface area (Å²) in [4.78, 5) is 0. The second-order valence-electron chi connectivity index (χ2n) is 5.14. The van der Waals surface area contributed by atoms with Crippen molar-refractivity contribution in [3.05, 3.63) is 40.0 Å². The Morgan fingerprint density at radius 1 is 1.32 bits per heavy atom. The lowest BCUT2D eigenvalue weighted by Crippen LogP contribution is -2.14. The summed E-state index contributed by atoms with van der Waals surface area (Å²) in [6.07, 6.45) is 2.44. The van der Waals surface area contributed by atoms with Gasteiger partial charge in [0.25, 0.3) is 0 Å². The van der Waals surface area contributed by atoms with Crippen molar-refractivity contribution in [1.82, 2.24) is 15.1 Å².